The fraction of sp³-hybridized carbons (Fsp3) is 0.364. The Morgan fingerprint density at radius 1 is 0.875 bits per heavy atom. The number of carbonyl (C=O) groups is 1. The summed E-state index contributed by atoms with van der Waals surface area (Å²) in [5.74, 6) is 6.63. The number of hydrogen-bond acceptors (Lipinski definition) is 5. The number of nitrogens with one attached hydrogen (secondary N) is 1. The number of rotatable bonds is 4. The first kappa shape index (κ1) is 27.9. The molecule has 7 nitrogen and oxygen atoms in total. The largest absolute Gasteiger partial charge is 0.389 e. The molecule has 3 N–H and O–H groups in total. The van der Waals surface area contributed by atoms with Crippen LogP contribution >= 0.6 is 0 Å². The van der Waals surface area contributed by atoms with Crippen LogP contribution in [0.15, 0.2) is 78.9 Å². The molecule has 2 saturated heterocycles. The van der Waals surface area contributed by atoms with Gasteiger partial charge in [-0.05, 0) is 63.0 Å². The molecule has 3 aromatic rings. The van der Waals surface area contributed by atoms with Gasteiger partial charge in [0.1, 0.15) is 0 Å². The molecule has 0 radical (unpaired) electrons. The molecule has 5 rings (SSSR count). The van der Waals surface area contributed by atoms with Crippen molar-refractivity contribution in [3.63, 3.8) is 0 Å². The SMILES string of the molecule is Cc1ccc(NC(=O)N2C[C@H](O)[C@H](O)CN3[C@H](CN(C)C)C(c4ccc(C#Cc5ccccc5)cc4)[C@@H]3C2)cc1. The number of amides is 2. The average molecular weight is 539 g/mol. The standard InChI is InChI=1S/C33H38N4O3/c1-23-9-17-27(18-10-23)34-33(40)36-20-29-32(28(19-35(2)3)37(29)22-31(39)30(38)21-36)26-15-13-25(14-16-26)12-11-24-7-5-4-6-8-24/h4-10,13-18,28-32,38-39H,19-22H2,1-3H3,(H,34,40)/t28-,29+,30+,31-,32?/m1/s1. The van der Waals surface area contributed by atoms with Crippen LogP contribution in [-0.4, -0.2) is 95.5 Å². The summed E-state index contributed by atoms with van der Waals surface area (Å²) in [5.41, 5.74) is 4.93. The van der Waals surface area contributed by atoms with Crippen LogP contribution in [0.3, 0.4) is 0 Å². The van der Waals surface area contributed by atoms with Gasteiger partial charge in [-0.25, -0.2) is 4.79 Å². The van der Waals surface area contributed by atoms with E-state index in [9.17, 15) is 15.0 Å². The van der Waals surface area contributed by atoms with Crippen molar-refractivity contribution in [2.24, 2.45) is 0 Å². The molecule has 2 aliphatic heterocycles. The lowest BCUT2D eigenvalue weighted by molar-refractivity contribution is -0.105. The lowest BCUT2D eigenvalue weighted by Gasteiger charge is -2.59. The minimum atomic E-state index is -1.02. The molecule has 40 heavy (non-hydrogen) atoms. The van der Waals surface area contributed by atoms with E-state index in [0.29, 0.717) is 18.8 Å². The molecule has 0 saturated carbocycles. The second-order valence-electron chi connectivity index (χ2n) is 11.2. The Bertz CT molecular complexity index is 1350. The fourth-order valence-corrected chi connectivity index (χ4v) is 5.78. The highest BCUT2D eigenvalue weighted by molar-refractivity contribution is 5.89. The maximum Gasteiger partial charge on any atom is 0.321 e. The van der Waals surface area contributed by atoms with Gasteiger partial charge in [-0.3, -0.25) is 4.90 Å². The smallest absolute Gasteiger partial charge is 0.321 e. The van der Waals surface area contributed by atoms with E-state index in [0.717, 1.165) is 23.2 Å². The number of anilines is 1. The van der Waals surface area contributed by atoms with Gasteiger partial charge in [0.2, 0.25) is 0 Å². The summed E-state index contributed by atoms with van der Waals surface area (Å²) in [6, 6.07) is 25.9. The monoisotopic (exact) mass is 538 g/mol. The first-order valence-electron chi connectivity index (χ1n) is 13.8. The lowest BCUT2D eigenvalue weighted by Crippen LogP contribution is -2.71. The number of aliphatic hydroxyl groups excluding tert-OH is 2. The molecule has 0 aliphatic carbocycles. The van der Waals surface area contributed by atoms with E-state index in [1.54, 1.807) is 4.90 Å². The van der Waals surface area contributed by atoms with Crippen molar-refractivity contribution in [1.29, 1.82) is 0 Å². The molecular formula is C33H38N4O3. The molecule has 2 aliphatic rings. The summed E-state index contributed by atoms with van der Waals surface area (Å²) in [7, 11) is 4.09. The molecular weight excluding hydrogens is 500 g/mol. The zero-order valence-electron chi connectivity index (χ0n) is 23.4. The second-order valence-corrected chi connectivity index (χ2v) is 11.2. The highest BCUT2D eigenvalue weighted by Gasteiger charge is 2.51. The summed E-state index contributed by atoms with van der Waals surface area (Å²) in [4.78, 5) is 19.4. The normalized spacial score (nSPS) is 24.6. The van der Waals surface area contributed by atoms with E-state index in [1.807, 2.05) is 75.6 Å². The Morgan fingerprint density at radius 3 is 2.15 bits per heavy atom. The molecule has 2 fully saturated rings. The van der Waals surface area contributed by atoms with E-state index in [-0.39, 0.29) is 30.6 Å². The summed E-state index contributed by atoms with van der Waals surface area (Å²) < 4.78 is 0. The third kappa shape index (κ3) is 6.38. The molecule has 7 heteroatoms. The van der Waals surface area contributed by atoms with Crippen LogP contribution < -0.4 is 5.32 Å². The number of aliphatic hydroxyl groups is 2. The molecule has 3 aromatic carbocycles. The van der Waals surface area contributed by atoms with Gasteiger partial charge in [-0.15, -0.1) is 0 Å². The van der Waals surface area contributed by atoms with E-state index < -0.39 is 12.2 Å². The van der Waals surface area contributed by atoms with Gasteiger partial charge in [-0.2, -0.15) is 0 Å². The first-order chi connectivity index (χ1) is 19.3. The van der Waals surface area contributed by atoms with E-state index in [2.05, 4.69) is 51.2 Å². The average Bonchev–Trinajstić information content (AvgIpc) is 2.94. The predicted octanol–water partition coefficient (Wildman–Crippen LogP) is 3.36. The first-order valence-corrected chi connectivity index (χ1v) is 13.8. The number of urea groups is 1. The zero-order chi connectivity index (χ0) is 28.2. The van der Waals surface area contributed by atoms with E-state index in [4.69, 9.17) is 0 Å². The summed E-state index contributed by atoms with van der Waals surface area (Å²) in [6.07, 6.45) is -1.97. The highest BCUT2D eigenvalue weighted by atomic mass is 16.3. The molecule has 0 aromatic heterocycles. The number of β-amino-alcohol motifs (C(OH)–C–C–N with tert-alkyl or cyclic N) is 1. The third-order valence-corrected chi connectivity index (χ3v) is 7.90. The molecule has 208 valence electrons. The van der Waals surface area contributed by atoms with Crippen LogP contribution in [0.1, 0.15) is 28.2 Å². The lowest BCUT2D eigenvalue weighted by atomic mass is 9.73. The van der Waals surface area contributed by atoms with Gasteiger partial charge in [-0.1, -0.05) is 59.9 Å². The zero-order valence-corrected chi connectivity index (χ0v) is 23.4. The van der Waals surface area contributed by atoms with Crippen molar-refractivity contribution >= 4 is 11.7 Å². The minimum absolute atomic E-state index is 0.0112. The molecule has 2 heterocycles. The van der Waals surface area contributed by atoms with Gasteiger partial charge >= 0.3 is 6.03 Å². The summed E-state index contributed by atoms with van der Waals surface area (Å²) >= 11 is 0. The van der Waals surface area contributed by atoms with Crippen LogP contribution in [0.25, 0.3) is 0 Å². The van der Waals surface area contributed by atoms with Crippen molar-refractivity contribution < 1.29 is 15.0 Å². The number of likely N-dealkylation sites (N-methyl/N-ethyl adjacent to an activating group) is 1. The Hall–Kier alpha value is -3.67. The Morgan fingerprint density at radius 2 is 1.50 bits per heavy atom. The van der Waals surface area contributed by atoms with Gasteiger partial charge in [0.15, 0.2) is 0 Å². The van der Waals surface area contributed by atoms with Crippen molar-refractivity contribution in [1.82, 2.24) is 14.7 Å². The Labute approximate surface area is 237 Å². The third-order valence-electron chi connectivity index (χ3n) is 7.90. The topological polar surface area (TPSA) is 79.3 Å². The number of nitrogens with zero attached hydrogens (tertiary/aromatic N) is 3. The Balaban J connectivity index is 1.39. The second kappa shape index (κ2) is 12.2. The van der Waals surface area contributed by atoms with E-state index in [1.165, 1.54) is 5.56 Å². The van der Waals surface area contributed by atoms with Crippen LogP contribution in [0.5, 0.6) is 0 Å². The van der Waals surface area contributed by atoms with Crippen molar-refractivity contribution in [3.8, 4) is 11.8 Å². The van der Waals surface area contributed by atoms with Crippen molar-refractivity contribution in [2.45, 2.75) is 37.1 Å². The molecule has 2 amide bonds. The number of hydrogen-bond donors (Lipinski definition) is 3. The Kier molecular flexibility index (Phi) is 8.53. The molecule has 5 atom stereocenters. The van der Waals surface area contributed by atoms with Crippen LogP contribution in [0.2, 0.25) is 0 Å². The van der Waals surface area contributed by atoms with Gasteiger partial charge in [0.25, 0.3) is 0 Å². The molecule has 1 unspecified atom stereocenters. The van der Waals surface area contributed by atoms with Crippen LogP contribution in [0.4, 0.5) is 10.5 Å². The van der Waals surface area contributed by atoms with Crippen LogP contribution in [-0.2, 0) is 0 Å². The highest BCUT2D eigenvalue weighted by Crippen LogP contribution is 2.42. The van der Waals surface area contributed by atoms with Crippen molar-refractivity contribution in [2.75, 3.05) is 45.6 Å². The number of benzene rings is 3. The van der Waals surface area contributed by atoms with Gasteiger partial charge in [0, 0.05) is 54.5 Å². The fourth-order valence-electron chi connectivity index (χ4n) is 5.78. The van der Waals surface area contributed by atoms with Crippen molar-refractivity contribution in [3.05, 3.63) is 101 Å². The minimum Gasteiger partial charge on any atom is -0.389 e. The molecule has 0 spiro atoms. The number of carbonyl (C=O) groups excluding carboxylic acids is 1. The maximum absolute atomic E-state index is 13.4. The number of fused-ring (bicyclic) bond motifs is 1. The predicted molar refractivity (Wildman–Crippen MR) is 158 cm³/mol. The van der Waals surface area contributed by atoms with Gasteiger partial charge < -0.3 is 25.3 Å². The molecule has 0 bridgehead atoms. The number of aryl methyl sites for hydroxylation is 1. The van der Waals surface area contributed by atoms with Gasteiger partial charge in [0.05, 0.1) is 18.8 Å². The summed E-state index contributed by atoms with van der Waals surface area (Å²) in [5, 5.41) is 24.5. The van der Waals surface area contributed by atoms with E-state index >= 15 is 0 Å². The maximum atomic E-state index is 13.4. The quantitative estimate of drug-likeness (QED) is 0.444. The van der Waals surface area contributed by atoms with Crippen LogP contribution in [0, 0.1) is 18.8 Å². The summed E-state index contributed by atoms with van der Waals surface area (Å²) in [6.45, 7) is 3.69.